The summed E-state index contributed by atoms with van der Waals surface area (Å²) in [6, 6.07) is 0. The van der Waals surface area contributed by atoms with Gasteiger partial charge in [0.15, 0.2) is 0 Å². The summed E-state index contributed by atoms with van der Waals surface area (Å²) in [5.41, 5.74) is 0. The third-order valence-electron chi connectivity index (χ3n) is 2.88. The zero-order chi connectivity index (χ0) is 15.1. The molecule has 0 spiro atoms. The van der Waals surface area contributed by atoms with Crippen LogP contribution in [0.4, 0.5) is 0 Å². The Kier molecular flexibility index (Phi) is 6.74. The van der Waals surface area contributed by atoms with Gasteiger partial charge in [-0.05, 0) is 6.42 Å². The molecule has 1 aliphatic rings. The minimum atomic E-state index is -2.66. The van der Waals surface area contributed by atoms with Gasteiger partial charge in [-0.2, -0.15) is 0 Å². The molecule has 0 aliphatic carbocycles. The van der Waals surface area contributed by atoms with E-state index in [9.17, 15) is 14.2 Å². The van der Waals surface area contributed by atoms with Gasteiger partial charge in [0.2, 0.25) is 12.3 Å². The van der Waals surface area contributed by atoms with Gasteiger partial charge in [0, 0.05) is 29.8 Å². The fourth-order valence-electron chi connectivity index (χ4n) is 1.95. The molecule has 0 aromatic carbocycles. The van der Waals surface area contributed by atoms with Gasteiger partial charge >= 0.3 is 8.25 Å². The first-order valence-electron chi connectivity index (χ1n) is 6.05. The molecule has 20 heavy (non-hydrogen) atoms. The Morgan fingerprint density at radius 1 is 1.65 bits per heavy atom. The highest BCUT2D eigenvalue weighted by molar-refractivity contribution is 7.32. The van der Waals surface area contributed by atoms with E-state index in [2.05, 4.69) is 9.84 Å². The molecule has 1 rings (SSSR count). The van der Waals surface area contributed by atoms with Gasteiger partial charge in [0.1, 0.15) is 12.8 Å². The number of carbonyl (C=O) groups is 2. The Balaban J connectivity index is 2.60. The number of nitrogens with one attached hydrogen (secondary N) is 1. The van der Waals surface area contributed by atoms with Gasteiger partial charge in [-0.15, -0.1) is 9.42 Å². The topological polar surface area (TPSA) is 105 Å². The first kappa shape index (κ1) is 16.7. The summed E-state index contributed by atoms with van der Waals surface area (Å²) in [7, 11) is -1.18. The Labute approximate surface area is 117 Å². The van der Waals surface area contributed by atoms with E-state index in [0.717, 1.165) is 0 Å². The quantitative estimate of drug-likeness (QED) is 0.393. The summed E-state index contributed by atoms with van der Waals surface area (Å²) in [6.07, 6.45) is 2.82. The van der Waals surface area contributed by atoms with Crippen LogP contribution in [0, 0.1) is 5.92 Å². The van der Waals surface area contributed by atoms with Crippen LogP contribution in [0.3, 0.4) is 0 Å². The predicted octanol–water partition coefficient (Wildman–Crippen LogP) is 0.122. The van der Waals surface area contributed by atoms with Crippen LogP contribution in [-0.2, 0) is 23.4 Å². The van der Waals surface area contributed by atoms with Crippen molar-refractivity contribution in [2.24, 2.45) is 5.92 Å². The van der Waals surface area contributed by atoms with Crippen molar-refractivity contribution in [2.75, 3.05) is 13.7 Å². The van der Waals surface area contributed by atoms with Crippen LogP contribution in [0.15, 0.2) is 12.3 Å². The first-order valence-corrected chi connectivity index (χ1v) is 7.18. The highest BCUT2D eigenvalue weighted by Crippen LogP contribution is 2.30. The van der Waals surface area contributed by atoms with Crippen molar-refractivity contribution in [2.45, 2.75) is 25.7 Å². The molecule has 1 heterocycles. The Morgan fingerprint density at radius 3 is 2.90 bits per heavy atom. The minimum Gasteiger partial charge on any atom is -0.356 e. The second-order valence-electron chi connectivity index (χ2n) is 4.38. The standard InChI is InChI=1S/C11H17N2O6P/c1-8-5-9(6-18-20(16)17)19-11(8)13(7-14)4-3-10(15)12-2/h3-4,7-9,11H,5-6H2,1-2H3,(H-,12,15,16,17)/p+1/b4-3-. The third-order valence-corrected chi connectivity index (χ3v) is 3.25. The lowest BCUT2D eigenvalue weighted by Gasteiger charge is -2.23. The number of amides is 2. The fraction of sp³-hybridized carbons (Fsp3) is 0.636. The van der Waals surface area contributed by atoms with Crippen LogP contribution in [-0.4, -0.2) is 48.1 Å². The molecular formula is C11H18N2O6P+. The van der Waals surface area contributed by atoms with Crippen LogP contribution in [0.1, 0.15) is 13.3 Å². The largest absolute Gasteiger partial charge is 0.694 e. The number of carbonyl (C=O) groups excluding carboxylic acids is 2. The van der Waals surface area contributed by atoms with Crippen molar-refractivity contribution in [1.82, 2.24) is 10.2 Å². The summed E-state index contributed by atoms with van der Waals surface area (Å²) in [6.45, 7) is 1.87. The van der Waals surface area contributed by atoms with Gasteiger partial charge in [-0.3, -0.25) is 14.5 Å². The summed E-state index contributed by atoms with van der Waals surface area (Å²) in [5, 5.41) is 2.40. The first-order chi connectivity index (χ1) is 9.47. The van der Waals surface area contributed by atoms with E-state index in [0.29, 0.717) is 12.8 Å². The number of ether oxygens (including phenoxy) is 1. The lowest BCUT2D eigenvalue weighted by molar-refractivity contribution is -0.129. The minimum absolute atomic E-state index is 0.0136. The van der Waals surface area contributed by atoms with Crippen LogP contribution in [0.25, 0.3) is 0 Å². The van der Waals surface area contributed by atoms with E-state index in [1.54, 1.807) is 0 Å². The van der Waals surface area contributed by atoms with E-state index in [4.69, 9.17) is 9.63 Å². The normalized spacial score (nSPS) is 26.6. The molecule has 2 amide bonds. The molecule has 1 saturated heterocycles. The molecule has 1 fully saturated rings. The molecular weight excluding hydrogens is 287 g/mol. The average Bonchev–Trinajstić information content (AvgIpc) is 2.78. The average molecular weight is 305 g/mol. The van der Waals surface area contributed by atoms with Crippen LogP contribution >= 0.6 is 8.25 Å². The van der Waals surface area contributed by atoms with Gasteiger partial charge in [0.25, 0.3) is 0 Å². The smallest absolute Gasteiger partial charge is 0.356 e. The number of likely N-dealkylation sites (N-methyl/N-ethyl adjacent to an activating group) is 1. The maximum atomic E-state index is 11.1. The van der Waals surface area contributed by atoms with Gasteiger partial charge in [0.05, 0.1) is 6.10 Å². The van der Waals surface area contributed by atoms with E-state index >= 15 is 0 Å². The van der Waals surface area contributed by atoms with Crippen LogP contribution in [0.2, 0.25) is 0 Å². The number of nitrogens with zero attached hydrogens (tertiary/aromatic N) is 1. The molecule has 112 valence electrons. The number of hydrogen-bond donors (Lipinski definition) is 2. The second kappa shape index (κ2) is 8.06. The van der Waals surface area contributed by atoms with Crippen molar-refractivity contribution in [1.29, 1.82) is 0 Å². The van der Waals surface area contributed by atoms with Gasteiger partial charge < -0.3 is 10.1 Å². The van der Waals surface area contributed by atoms with Gasteiger partial charge in [-0.1, -0.05) is 6.92 Å². The molecule has 0 radical (unpaired) electrons. The van der Waals surface area contributed by atoms with Crippen molar-refractivity contribution in [3.63, 3.8) is 0 Å². The molecule has 0 bridgehead atoms. The molecule has 0 aromatic rings. The molecule has 4 unspecified atom stereocenters. The third kappa shape index (κ3) is 4.97. The van der Waals surface area contributed by atoms with E-state index in [1.165, 1.54) is 24.2 Å². The number of hydrogen-bond acceptors (Lipinski definition) is 5. The molecule has 4 atom stereocenters. The highest BCUT2D eigenvalue weighted by Gasteiger charge is 2.36. The molecule has 0 aromatic heterocycles. The van der Waals surface area contributed by atoms with E-state index in [-0.39, 0.29) is 24.5 Å². The monoisotopic (exact) mass is 305 g/mol. The zero-order valence-electron chi connectivity index (χ0n) is 11.3. The summed E-state index contributed by atoms with van der Waals surface area (Å²) < 4.78 is 20.7. The van der Waals surface area contributed by atoms with Crippen molar-refractivity contribution in [3.05, 3.63) is 12.3 Å². The molecule has 8 nitrogen and oxygen atoms in total. The predicted molar refractivity (Wildman–Crippen MR) is 69.3 cm³/mol. The second-order valence-corrected chi connectivity index (χ2v) is 5.11. The van der Waals surface area contributed by atoms with Crippen molar-refractivity contribution in [3.8, 4) is 0 Å². The van der Waals surface area contributed by atoms with E-state index < -0.39 is 14.5 Å². The Bertz CT molecular complexity index is 402. The number of rotatable bonds is 7. The molecule has 2 N–H and O–H groups in total. The summed E-state index contributed by atoms with van der Waals surface area (Å²) >= 11 is 0. The maximum Gasteiger partial charge on any atom is 0.694 e. The summed E-state index contributed by atoms with van der Waals surface area (Å²) in [5.74, 6) is -0.320. The molecule has 1 aliphatic heterocycles. The lowest BCUT2D eigenvalue weighted by atomic mass is 10.1. The fourth-order valence-corrected chi connectivity index (χ4v) is 2.25. The Hall–Kier alpha value is -1.34. The SMILES string of the molecule is CNC(=O)/C=C\N(C=O)C1OC(CO[P+](=O)O)CC1C. The van der Waals surface area contributed by atoms with Crippen molar-refractivity contribution < 1.29 is 28.3 Å². The van der Waals surface area contributed by atoms with E-state index in [1.807, 2.05) is 6.92 Å². The Morgan fingerprint density at radius 2 is 2.35 bits per heavy atom. The molecule has 0 saturated carbocycles. The zero-order valence-corrected chi connectivity index (χ0v) is 12.2. The van der Waals surface area contributed by atoms with Crippen molar-refractivity contribution >= 4 is 20.6 Å². The van der Waals surface area contributed by atoms with Crippen LogP contribution < -0.4 is 5.32 Å². The van der Waals surface area contributed by atoms with Gasteiger partial charge in [-0.25, -0.2) is 0 Å². The lowest BCUT2D eigenvalue weighted by Crippen LogP contribution is -2.34. The summed E-state index contributed by atoms with van der Waals surface area (Å²) in [4.78, 5) is 32.0. The molecule has 9 heteroatoms. The maximum absolute atomic E-state index is 11.1. The van der Waals surface area contributed by atoms with Crippen LogP contribution in [0.5, 0.6) is 0 Å². The highest BCUT2D eigenvalue weighted by atomic mass is 31.1.